The Morgan fingerprint density at radius 3 is 2.94 bits per heavy atom. The molecule has 2 N–H and O–H groups in total. The van der Waals surface area contributed by atoms with Crippen LogP contribution in [0, 0.1) is 6.92 Å². The van der Waals surface area contributed by atoms with Gasteiger partial charge >= 0.3 is 0 Å². The third kappa shape index (κ3) is 1.76. The van der Waals surface area contributed by atoms with Crippen molar-refractivity contribution in [3.05, 3.63) is 39.2 Å². The van der Waals surface area contributed by atoms with E-state index in [4.69, 9.17) is 17.3 Å². The summed E-state index contributed by atoms with van der Waals surface area (Å²) >= 11 is 7.85. The van der Waals surface area contributed by atoms with E-state index in [2.05, 4.69) is 13.0 Å². The summed E-state index contributed by atoms with van der Waals surface area (Å²) in [5.41, 5.74) is 11.3. The van der Waals surface area contributed by atoms with E-state index >= 15 is 0 Å². The van der Waals surface area contributed by atoms with Crippen molar-refractivity contribution in [2.24, 2.45) is 0 Å². The normalized spacial score (nSPS) is 14.0. The van der Waals surface area contributed by atoms with Crippen LogP contribution in [-0.2, 0) is 12.8 Å². The van der Waals surface area contributed by atoms with E-state index in [-0.39, 0.29) is 0 Å². The molecule has 1 nitrogen and oxygen atoms in total. The lowest BCUT2D eigenvalue weighted by molar-refractivity contribution is 0.915. The Labute approximate surface area is 110 Å². The average molecular weight is 264 g/mol. The second-order valence-electron chi connectivity index (χ2n) is 4.56. The van der Waals surface area contributed by atoms with Gasteiger partial charge in [-0.2, -0.15) is 0 Å². The molecular formula is C14H14ClNS. The summed E-state index contributed by atoms with van der Waals surface area (Å²) in [6.07, 6.45) is 3.60. The molecule has 1 aromatic heterocycles. The van der Waals surface area contributed by atoms with E-state index in [0.717, 1.165) is 16.4 Å². The van der Waals surface area contributed by atoms with Gasteiger partial charge in [-0.1, -0.05) is 17.7 Å². The van der Waals surface area contributed by atoms with Crippen LogP contribution in [0.4, 0.5) is 5.00 Å². The summed E-state index contributed by atoms with van der Waals surface area (Å²) in [7, 11) is 0. The van der Waals surface area contributed by atoms with Gasteiger partial charge in [0.25, 0.3) is 0 Å². The Hall–Kier alpha value is -0.990. The van der Waals surface area contributed by atoms with E-state index in [9.17, 15) is 0 Å². The number of nitrogen functional groups attached to an aromatic ring is 1. The van der Waals surface area contributed by atoms with Crippen molar-refractivity contribution in [1.29, 1.82) is 0 Å². The largest absolute Gasteiger partial charge is 0.390 e. The molecule has 0 unspecified atom stereocenters. The highest BCUT2D eigenvalue weighted by molar-refractivity contribution is 7.16. The summed E-state index contributed by atoms with van der Waals surface area (Å²) in [5, 5.41) is 1.73. The summed E-state index contributed by atoms with van der Waals surface area (Å²) in [6.45, 7) is 2.12. The van der Waals surface area contributed by atoms with Crippen molar-refractivity contribution in [3.8, 4) is 11.1 Å². The SMILES string of the molecule is Cc1ccc(Cl)cc1-c1c(N)sc2c1CCC2. The first-order chi connectivity index (χ1) is 8.16. The van der Waals surface area contributed by atoms with Gasteiger partial charge in [-0.25, -0.2) is 0 Å². The van der Waals surface area contributed by atoms with Crippen LogP contribution in [0.3, 0.4) is 0 Å². The van der Waals surface area contributed by atoms with E-state index in [0.29, 0.717) is 0 Å². The third-order valence-corrected chi connectivity index (χ3v) is 4.77. The lowest BCUT2D eigenvalue weighted by Crippen LogP contribution is -1.90. The fraction of sp³-hybridized carbons (Fsp3) is 0.286. The zero-order chi connectivity index (χ0) is 12.0. The maximum Gasteiger partial charge on any atom is 0.0941 e. The molecule has 0 saturated heterocycles. The van der Waals surface area contributed by atoms with Gasteiger partial charge in [0.05, 0.1) is 5.00 Å². The van der Waals surface area contributed by atoms with Gasteiger partial charge < -0.3 is 5.73 Å². The molecule has 0 saturated carbocycles. The van der Waals surface area contributed by atoms with Crippen LogP contribution in [0.1, 0.15) is 22.4 Å². The Balaban J connectivity index is 2.25. The van der Waals surface area contributed by atoms with Crippen molar-refractivity contribution in [1.82, 2.24) is 0 Å². The van der Waals surface area contributed by atoms with Gasteiger partial charge in [0, 0.05) is 15.5 Å². The van der Waals surface area contributed by atoms with Gasteiger partial charge in [0.15, 0.2) is 0 Å². The number of thiophene rings is 1. The number of benzene rings is 1. The Kier molecular flexibility index (Phi) is 2.64. The van der Waals surface area contributed by atoms with Crippen LogP contribution in [0.5, 0.6) is 0 Å². The minimum absolute atomic E-state index is 0.781. The van der Waals surface area contributed by atoms with Crippen molar-refractivity contribution in [2.75, 3.05) is 5.73 Å². The number of hydrogen-bond donors (Lipinski definition) is 1. The quantitative estimate of drug-likeness (QED) is 0.808. The predicted octanol–water partition coefficient (Wildman–Crippen LogP) is 4.45. The summed E-state index contributed by atoms with van der Waals surface area (Å²) < 4.78 is 0. The molecule has 3 heteroatoms. The van der Waals surface area contributed by atoms with Crippen molar-refractivity contribution < 1.29 is 0 Å². The van der Waals surface area contributed by atoms with E-state index < -0.39 is 0 Å². The first-order valence-corrected chi connectivity index (χ1v) is 7.03. The van der Waals surface area contributed by atoms with E-state index in [1.165, 1.54) is 40.0 Å². The molecule has 0 spiro atoms. The highest BCUT2D eigenvalue weighted by Crippen LogP contribution is 2.44. The van der Waals surface area contributed by atoms with Gasteiger partial charge in [-0.3, -0.25) is 0 Å². The highest BCUT2D eigenvalue weighted by atomic mass is 35.5. The number of hydrogen-bond acceptors (Lipinski definition) is 2. The molecule has 17 heavy (non-hydrogen) atoms. The van der Waals surface area contributed by atoms with Crippen molar-refractivity contribution >= 4 is 27.9 Å². The lowest BCUT2D eigenvalue weighted by atomic mass is 9.98. The number of anilines is 1. The van der Waals surface area contributed by atoms with Gasteiger partial charge in [-0.05, 0) is 55.0 Å². The lowest BCUT2D eigenvalue weighted by Gasteiger charge is -2.08. The Morgan fingerprint density at radius 1 is 1.29 bits per heavy atom. The predicted molar refractivity (Wildman–Crippen MR) is 75.9 cm³/mol. The number of nitrogens with two attached hydrogens (primary N) is 1. The minimum Gasteiger partial charge on any atom is -0.390 e. The molecule has 0 aliphatic heterocycles. The maximum atomic E-state index is 6.18. The molecule has 0 amide bonds. The van der Waals surface area contributed by atoms with Gasteiger partial charge in [-0.15, -0.1) is 11.3 Å². The summed E-state index contributed by atoms with van der Waals surface area (Å²) in [5.74, 6) is 0. The second-order valence-corrected chi connectivity index (χ2v) is 6.13. The van der Waals surface area contributed by atoms with Crippen LogP contribution >= 0.6 is 22.9 Å². The van der Waals surface area contributed by atoms with Crippen LogP contribution in [0.25, 0.3) is 11.1 Å². The monoisotopic (exact) mass is 263 g/mol. The van der Waals surface area contributed by atoms with Crippen LogP contribution in [0.2, 0.25) is 5.02 Å². The van der Waals surface area contributed by atoms with E-state index in [1.807, 2.05) is 12.1 Å². The summed E-state index contributed by atoms with van der Waals surface area (Å²) in [4.78, 5) is 1.47. The molecule has 0 bridgehead atoms. The maximum absolute atomic E-state index is 6.18. The van der Waals surface area contributed by atoms with Gasteiger partial charge in [0.2, 0.25) is 0 Å². The minimum atomic E-state index is 0.781. The molecule has 88 valence electrons. The van der Waals surface area contributed by atoms with Crippen molar-refractivity contribution in [2.45, 2.75) is 26.2 Å². The molecule has 1 aromatic carbocycles. The van der Waals surface area contributed by atoms with E-state index in [1.54, 1.807) is 11.3 Å². The first kappa shape index (κ1) is 11.1. The Bertz CT molecular complexity index is 586. The van der Waals surface area contributed by atoms with Gasteiger partial charge in [0.1, 0.15) is 0 Å². The standard InChI is InChI=1S/C14H14ClNS/c1-8-5-6-9(15)7-11(8)13-10-3-2-4-12(10)17-14(13)16/h5-7H,2-4,16H2,1H3. The van der Waals surface area contributed by atoms with Crippen LogP contribution < -0.4 is 5.73 Å². The molecule has 3 rings (SSSR count). The molecule has 1 aliphatic rings. The highest BCUT2D eigenvalue weighted by Gasteiger charge is 2.22. The number of fused-ring (bicyclic) bond motifs is 1. The smallest absolute Gasteiger partial charge is 0.0941 e. The number of halogens is 1. The molecule has 1 heterocycles. The number of aryl methyl sites for hydroxylation is 2. The second kappa shape index (κ2) is 4.04. The fourth-order valence-corrected chi connectivity index (χ4v) is 3.93. The fourth-order valence-electron chi connectivity index (χ4n) is 2.58. The van der Waals surface area contributed by atoms with Crippen molar-refractivity contribution in [3.63, 3.8) is 0 Å². The van der Waals surface area contributed by atoms with Crippen LogP contribution in [-0.4, -0.2) is 0 Å². The Morgan fingerprint density at radius 2 is 2.12 bits per heavy atom. The average Bonchev–Trinajstić information content (AvgIpc) is 2.82. The third-order valence-electron chi connectivity index (χ3n) is 3.42. The molecule has 1 aliphatic carbocycles. The zero-order valence-electron chi connectivity index (χ0n) is 9.72. The first-order valence-electron chi connectivity index (χ1n) is 5.83. The molecule has 0 radical (unpaired) electrons. The zero-order valence-corrected chi connectivity index (χ0v) is 11.3. The molecule has 2 aromatic rings. The summed E-state index contributed by atoms with van der Waals surface area (Å²) in [6, 6.07) is 6.03. The molecule has 0 atom stereocenters. The molecular weight excluding hydrogens is 250 g/mol. The molecule has 0 fully saturated rings. The topological polar surface area (TPSA) is 26.0 Å². The number of rotatable bonds is 1. The van der Waals surface area contributed by atoms with Crippen LogP contribution in [0.15, 0.2) is 18.2 Å².